The molecule has 0 amide bonds. The summed E-state index contributed by atoms with van der Waals surface area (Å²) in [6, 6.07) is 14.5. The largest absolute Gasteiger partial charge is 0.481 e. The summed E-state index contributed by atoms with van der Waals surface area (Å²) in [5, 5.41) is 16.4. The molecule has 2 aromatic carbocycles. The Morgan fingerprint density at radius 1 is 1.12 bits per heavy atom. The third-order valence-electron chi connectivity index (χ3n) is 6.34. The molecule has 1 fully saturated rings. The fourth-order valence-corrected chi connectivity index (χ4v) is 4.73. The number of benzene rings is 2. The molecule has 3 heterocycles. The van der Waals surface area contributed by atoms with Gasteiger partial charge in [-0.05, 0) is 48.9 Å². The first-order valence-corrected chi connectivity index (χ1v) is 11.3. The molecule has 0 radical (unpaired) electrons. The van der Waals surface area contributed by atoms with E-state index < -0.39 is 5.97 Å². The van der Waals surface area contributed by atoms with Crippen molar-refractivity contribution in [2.75, 3.05) is 26.2 Å². The maximum Gasteiger partial charge on any atom is 0.304 e. The van der Waals surface area contributed by atoms with Gasteiger partial charge in [-0.3, -0.25) is 14.6 Å². The lowest BCUT2D eigenvalue weighted by Crippen LogP contribution is -2.49. The van der Waals surface area contributed by atoms with E-state index in [0.717, 1.165) is 60.3 Å². The Labute approximate surface area is 191 Å². The van der Waals surface area contributed by atoms with Gasteiger partial charge in [-0.25, -0.2) is 4.68 Å². The SMILES string of the molecule is CC(CC(=O)O)N1CCN(Cc2ccc3[nH]c(-n4ncc5ccc(Cl)cc54)cc3c2)CC1. The second kappa shape index (κ2) is 8.58. The summed E-state index contributed by atoms with van der Waals surface area (Å²) in [5.41, 5.74) is 3.31. The Morgan fingerprint density at radius 3 is 2.72 bits per heavy atom. The highest BCUT2D eigenvalue weighted by molar-refractivity contribution is 6.31. The molecular formula is C24H26ClN5O2. The first kappa shape index (κ1) is 21.0. The molecule has 166 valence electrons. The number of carbonyl (C=O) groups is 1. The van der Waals surface area contributed by atoms with Crippen LogP contribution in [0.2, 0.25) is 5.02 Å². The molecule has 8 heteroatoms. The minimum atomic E-state index is -0.731. The van der Waals surface area contributed by atoms with Crippen molar-refractivity contribution >= 4 is 39.4 Å². The van der Waals surface area contributed by atoms with E-state index in [4.69, 9.17) is 16.7 Å². The van der Waals surface area contributed by atoms with Gasteiger partial charge in [-0.15, -0.1) is 0 Å². The highest BCUT2D eigenvalue weighted by Crippen LogP contribution is 2.25. The summed E-state index contributed by atoms with van der Waals surface area (Å²) in [4.78, 5) is 19.1. The number of aromatic nitrogens is 3. The molecule has 0 aliphatic carbocycles. The van der Waals surface area contributed by atoms with Gasteiger partial charge in [0.25, 0.3) is 0 Å². The van der Waals surface area contributed by atoms with Gasteiger partial charge in [0, 0.05) is 60.1 Å². The number of rotatable bonds is 6. The Hall–Kier alpha value is -2.87. The minimum Gasteiger partial charge on any atom is -0.481 e. The average molecular weight is 452 g/mol. The molecule has 32 heavy (non-hydrogen) atoms. The lowest BCUT2D eigenvalue weighted by atomic mass is 10.1. The van der Waals surface area contributed by atoms with Crippen LogP contribution in [0.1, 0.15) is 18.9 Å². The smallest absolute Gasteiger partial charge is 0.304 e. The van der Waals surface area contributed by atoms with Gasteiger partial charge in [0.05, 0.1) is 18.1 Å². The fourth-order valence-electron chi connectivity index (χ4n) is 4.57. The Balaban J connectivity index is 1.30. The molecule has 7 nitrogen and oxygen atoms in total. The molecular weight excluding hydrogens is 426 g/mol. The van der Waals surface area contributed by atoms with Gasteiger partial charge in [0.2, 0.25) is 0 Å². The molecule has 5 rings (SSSR count). The molecule has 1 saturated heterocycles. The summed E-state index contributed by atoms with van der Waals surface area (Å²) < 4.78 is 1.89. The highest BCUT2D eigenvalue weighted by atomic mass is 35.5. The molecule has 0 bridgehead atoms. The predicted octanol–water partition coefficient (Wildman–Crippen LogP) is 4.14. The molecule has 0 spiro atoms. The number of hydrogen-bond donors (Lipinski definition) is 2. The number of carboxylic acids is 1. The van der Waals surface area contributed by atoms with E-state index in [9.17, 15) is 4.79 Å². The zero-order valence-electron chi connectivity index (χ0n) is 18.0. The Kier molecular flexibility index (Phi) is 5.63. The lowest BCUT2D eigenvalue weighted by molar-refractivity contribution is -0.138. The topological polar surface area (TPSA) is 77.4 Å². The van der Waals surface area contributed by atoms with Crippen LogP contribution in [-0.2, 0) is 11.3 Å². The van der Waals surface area contributed by atoms with Crippen LogP contribution in [0.25, 0.3) is 27.6 Å². The van der Waals surface area contributed by atoms with Crippen LogP contribution >= 0.6 is 11.6 Å². The summed E-state index contributed by atoms with van der Waals surface area (Å²) in [7, 11) is 0. The molecule has 2 aromatic heterocycles. The van der Waals surface area contributed by atoms with E-state index in [1.165, 1.54) is 5.56 Å². The van der Waals surface area contributed by atoms with Crippen molar-refractivity contribution in [2.45, 2.75) is 25.9 Å². The van der Waals surface area contributed by atoms with Crippen molar-refractivity contribution in [1.82, 2.24) is 24.6 Å². The third kappa shape index (κ3) is 4.24. The number of fused-ring (bicyclic) bond motifs is 2. The van der Waals surface area contributed by atoms with Crippen LogP contribution in [0.15, 0.2) is 48.7 Å². The first-order valence-electron chi connectivity index (χ1n) is 10.9. The molecule has 1 aliphatic heterocycles. The monoisotopic (exact) mass is 451 g/mol. The number of hydrogen-bond acceptors (Lipinski definition) is 4. The van der Waals surface area contributed by atoms with Crippen molar-refractivity contribution in [2.24, 2.45) is 0 Å². The first-order chi connectivity index (χ1) is 15.5. The number of nitrogens with one attached hydrogen (secondary N) is 1. The lowest BCUT2D eigenvalue weighted by Gasteiger charge is -2.37. The van der Waals surface area contributed by atoms with Crippen LogP contribution < -0.4 is 0 Å². The maximum absolute atomic E-state index is 11.0. The standard InChI is InChI=1S/C24H26ClN5O2/c1-16(10-24(31)32)29-8-6-28(7-9-29)15-17-2-5-21-19(11-17)12-23(27-21)30-22-13-20(25)4-3-18(22)14-26-30/h2-5,11-14,16,27H,6-10,15H2,1H3,(H,31,32). The van der Waals surface area contributed by atoms with Crippen LogP contribution in [-0.4, -0.2) is 67.9 Å². The van der Waals surface area contributed by atoms with E-state index in [0.29, 0.717) is 5.02 Å². The molecule has 4 aromatic rings. The zero-order chi connectivity index (χ0) is 22.2. The van der Waals surface area contributed by atoms with E-state index in [-0.39, 0.29) is 12.5 Å². The summed E-state index contributed by atoms with van der Waals surface area (Å²) in [6.07, 6.45) is 2.05. The fraction of sp³-hybridized carbons (Fsp3) is 0.333. The number of H-pyrrole nitrogens is 1. The number of aliphatic carboxylic acids is 1. The summed E-state index contributed by atoms with van der Waals surface area (Å²) in [6.45, 7) is 6.58. The number of nitrogens with zero attached hydrogens (tertiary/aromatic N) is 4. The van der Waals surface area contributed by atoms with E-state index in [2.05, 4.69) is 44.1 Å². The van der Waals surface area contributed by atoms with Crippen molar-refractivity contribution in [3.05, 3.63) is 59.2 Å². The molecule has 1 aliphatic rings. The number of piperazine rings is 1. The molecule has 1 atom stereocenters. The van der Waals surface area contributed by atoms with Crippen LogP contribution in [0.4, 0.5) is 0 Å². The second-order valence-corrected chi connectivity index (χ2v) is 9.03. The number of aromatic amines is 1. The quantitative estimate of drug-likeness (QED) is 0.460. The van der Waals surface area contributed by atoms with Gasteiger partial charge in [0.1, 0.15) is 5.82 Å². The molecule has 0 saturated carbocycles. The molecule has 2 N–H and O–H groups in total. The van der Waals surface area contributed by atoms with Gasteiger partial charge in [-0.1, -0.05) is 17.7 Å². The van der Waals surface area contributed by atoms with Crippen LogP contribution in [0, 0.1) is 0 Å². The Bertz CT molecular complexity index is 1270. The van der Waals surface area contributed by atoms with Crippen molar-refractivity contribution < 1.29 is 9.90 Å². The van der Waals surface area contributed by atoms with Gasteiger partial charge in [-0.2, -0.15) is 5.10 Å². The Morgan fingerprint density at radius 2 is 1.94 bits per heavy atom. The minimum absolute atomic E-state index is 0.0811. The van der Waals surface area contributed by atoms with Crippen LogP contribution in [0.3, 0.4) is 0 Å². The van der Waals surface area contributed by atoms with Gasteiger partial charge >= 0.3 is 5.97 Å². The van der Waals surface area contributed by atoms with E-state index in [1.807, 2.05) is 36.0 Å². The van der Waals surface area contributed by atoms with Gasteiger partial charge < -0.3 is 10.1 Å². The normalized spacial score (nSPS) is 16.7. The summed E-state index contributed by atoms with van der Waals surface area (Å²) in [5.74, 6) is 0.181. The van der Waals surface area contributed by atoms with E-state index in [1.54, 1.807) is 0 Å². The van der Waals surface area contributed by atoms with Crippen molar-refractivity contribution in [1.29, 1.82) is 0 Å². The predicted molar refractivity (Wildman–Crippen MR) is 127 cm³/mol. The van der Waals surface area contributed by atoms with Crippen molar-refractivity contribution in [3.8, 4) is 5.82 Å². The van der Waals surface area contributed by atoms with Crippen molar-refractivity contribution in [3.63, 3.8) is 0 Å². The van der Waals surface area contributed by atoms with Gasteiger partial charge in [0.15, 0.2) is 0 Å². The number of carboxylic acid groups (broad SMARTS) is 1. The second-order valence-electron chi connectivity index (χ2n) is 8.59. The highest BCUT2D eigenvalue weighted by Gasteiger charge is 2.22. The average Bonchev–Trinajstić information content (AvgIpc) is 3.36. The molecule has 1 unspecified atom stereocenters. The third-order valence-corrected chi connectivity index (χ3v) is 6.57. The maximum atomic E-state index is 11.0. The van der Waals surface area contributed by atoms with Crippen LogP contribution in [0.5, 0.6) is 0 Å². The zero-order valence-corrected chi connectivity index (χ0v) is 18.7. The summed E-state index contributed by atoms with van der Waals surface area (Å²) >= 11 is 6.19. The number of halogens is 1. The van der Waals surface area contributed by atoms with E-state index >= 15 is 0 Å².